The monoisotopic (exact) mass is 529 g/mol. The Balaban J connectivity index is 1.53. The van der Waals surface area contributed by atoms with E-state index in [1.807, 2.05) is 48.0 Å². The van der Waals surface area contributed by atoms with Gasteiger partial charge < -0.3 is 15.0 Å². The van der Waals surface area contributed by atoms with Gasteiger partial charge in [-0.2, -0.15) is 0 Å². The number of carbonyl (C=O) groups excluding carboxylic acids is 3. The third kappa shape index (κ3) is 5.50. The number of H-pyrrole nitrogens is 1. The van der Waals surface area contributed by atoms with Crippen molar-refractivity contribution in [3.05, 3.63) is 88.2 Å². The maximum atomic E-state index is 14.1. The molecule has 0 saturated heterocycles. The molecule has 0 spiro atoms. The quantitative estimate of drug-likeness (QED) is 0.283. The van der Waals surface area contributed by atoms with Crippen LogP contribution in [0.3, 0.4) is 0 Å². The van der Waals surface area contributed by atoms with Crippen LogP contribution < -0.4 is 10.2 Å². The highest BCUT2D eigenvalue weighted by atomic mass is 32.1. The molecule has 2 amide bonds. The Labute approximate surface area is 225 Å². The molecule has 2 N–H and O–H groups in total. The van der Waals surface area contributed by atoms with Gasteiger partial charge in [-0.3, -0.25) is 14.5 Å². The van der Waals surface area contributed by atoms with Crippen LogP contribution in [0.25, 0.3) is 10.9 Å². The maximum absolute atomic E-state index is 14.1. The smallest absolute Gasteiger partial charge is 0.337 e. The zero-order valence-electron chi connectivity index (χ0n) is 21.3. The fourth-order valence-electron chi connectivity index (χ4n) is 5.19. The molecule has 5 rings (SSSR count). The Morgan fingerprint density at radius 1 is 1.03 bits per heavy atom. The number of hydrogen-bond acceptors (Lipinski definition) is 5. The van der Waals surface area contributed by atoms with E-state index in [1.165, 1.54) is 24.9 Å². The zero-order chi connectivity index (χ0) is 26.5. The Hall–Kier alpha value is -3.91. The summed E-state index contributed by atoms with van der Waals surface area (Å²) < 4.78 is 4.84. The minimum atomic E-state index is -0.835. The molecule has 1 atom stereocenters. The number of rotatable bonds is 8. The number of benzene rings is 2. The number of para-hydroxylation sites is 1. The van der Waals surface area contributed by atoms with Crippen molar-refractivity contribution in [1.29, 1.82) is 0 Å². The van der Waals surface area contributed by atoms with E-state index in [1.54, 1.807) is 29.2 Å². The molecule has 2 aromatic heterocycles. The summed E-state index contributed by atoms with van der Waals surface area (Å²) in [5.41, 5.74) is 2.73. The van der Waals surface area contributed by atoms with Crippen LogP contribution in [0, 0.1) is 0 Å². The summed E-state index contributed by atoms with van der Waals surface area (Å²) >= 11 is 1.45. The molecule has 4 aromatic rings. The highest BCUT2D eigenvalue weighted by Crippen LogP contribution is 2.33. The van der Waals surface area contributed by atoms with Gasteiger partial charge in [0.25, 0.3) is 0 Å². The third-order valence-corrected chi connectivity index (χ3v) is 8.05. The van der Waals surface area contributed by atoms with Gasteiger partial charge in [0, 0.05) is 33.7 Å². The number of hydrogen-bond donors (Lipinski definition) is 2. The molecule has 2 heterocycles. The number of nitrogens with one attached hydrogen (secondary N) is 2. The number of nitrogens with zero attached hydrogens (tertiary/aromatic N) is 1. The maximum Gasteiger partial charge on any atom is 0.337 e. The largest absolute Gasteiger partial charge is 0.465 e. The lowest BCUT2D eigenvalue weighted by atomic mass is 9.95. The summed E-state index contributed by atoms with van der Waals surface area (Å²) in [7, 11) is 1.33. The van der Waals surface area contributed by atoms with E-state index in [0.29, 0.717) is 11.3 Å². The molecule has 1 aliphatic rings. The van der Waals surface area contributed by atoms with Gasteiger partial charge in [-0.1, -0.05) is 43.5 Å². The Bertz CT molecular complexity index is 1410. The van der Waals surface area contributed by atoms with Crippen LogP contribution >= 0.6 is 11.3 Å². The van der Waals surface area contributed by atoms with Crippen LogP contribution in [0.15, 0.2) is 72.2 Å². The molecule has 1 saturated carbocycles. The average molecular weight is 530 g/mol. The van der Waals surface area contributed by atoms with Crippen molar-refractivity contribution < 1.29 is 19.1 Å². The summed E-state index contributed by atoms with van der Waals surface area (Å²) in [6.07, 6.45) is 7.22. The van der Waals surface area contributed by atoms with Crippen LogP contribution in [0.1, 0.15) is 58.9 Å². The SMILES string of the molecule is COC(=O)c1ccc(N(C(=O)Cc2c[nH]c3ccccc23)[C@@H](C(=O)NC2CCCCC2)c2cccs2)cc1. The third-order valence-electron chi connectivity index (χ3n) is 7.12. The zero-order valence-corrected chi connectivity index (χ0v) is 22.1. The number of carbonyl (C=O) groups is 3. The summed E-state index contributed by atoms with van der Waals surface area (Å²) in [5, 5.41) is 6.12. The lowest BCUT2D eigenvalue weighted by Gasteiger charge is -2.33. The Morgan fingerprint density at radius 2 is 1.79 bits per heavy atom. The van der Waals surface area contributed by atoms with Crippen molar-refractivity contribution in [3.63, 3.8) is 0 Å². The standard InChI is InChI=1S/C30H31N3O4S/c1-37-30(36)20-13-15-23(16-14-20)33(27(34)18-21-19-31-25-11-6-5-10-24(21)25)28(26-12-7-17-38-26)29(35)32-22-8-3-2-4-9-22/h5-7,10-17,19,22,28,31H,2-4,8-9,18H2,1H3,(H,32,35)/t28-/m1/s1. The normalized spacial score (nSPS) is 14.7. The average Bonchev–Trinajstić information content (AvgIpc) is 3.62. The van der Waals surface area contributed by atoms with Crippen LogP contribution in [-0.2, 0) is 20.7 Å². The molecule has 1 aliphatic carbocycles. The molecule has 1 fully saturated rings. The number of thiophene rings is 1. The Morgan fingerprint density at radius 3 is 2.50 bits per heavy atom. The fourth-order valence-corrected chi connectivity index (χ4v) is 6.00. The van der Waals surface area contributed by atoms with Crippen molar-refractivity contribution in [3.8, 4) is 0 Å². The van der Waals surface area contributed by atoms with E-state index in [-0.39, 0.29) is 24.3 Å². The molecule has 38 heavy (non-hydrogen) atoms. The highest BCUT2D eigenvalue weighted by Gasteiger charge is 2.35. The van der Waals surface area contributed by atoms with Gasteiger partial charge in [-0.05, 0) is 60.2 Å². The van der Waals surface area contributed by atoms with E-state index in [4.69, 9.17) is 4.74 Å². The van der Waals surface area contributed by atoms with Gasteiger partial charge >= 0.3 is 5.97 Å². The van der Waals surface area contributed by atoms with Gasteiger partial charge in [-0.15, -0.1) is 11.3 Å². The number of fused-ring (bicyclic) bond motifs is 1. The van der Waals surface area contributed by atoms with E-state index in [9.17, 15) is 14.4 Å². The topological polar surface area (TPSA) is 91.5 Å². The Kier molecular flexibility index (Phi) is 7.89. The molecule has 7 nitrogen and oxygen atoms in total. The van der Waals surface area contributed by atoms with E-state index < -0.39 is 12.0 Å². The first kappa shape index (κ1) is 25.7. The minimum Gasteiger partial charge on any atom is -0.465 e. The van der Waals surface area contributed by atoms with Crippen LogP contribution in [-0.4, -0.2) is 35.9 Å². The molecule has 0 radical (unpaired) electrons. The van der Waals surface area contributed by atoms with E-state index in [2.05, 4.69) is 10.3 Å². The van der Waals surface area contributed by atoms with E-state index in [0.717, 1.165) is 47.0 Å². The second-order valence-corrected chi connectivity index (χ2v) is 10.6. The number of methoxy groups -OCH3 is 1. The highest BCUT2D eigenvalue weighted by molar-refractivity contribution is 7.10. The second kappa shape index (κ2) is 11.6. The van der Waals surface area contributed by atoms with Crippen molar-refractivity contribution in [2.24, 2.45) is 0 Å². The molecule has 0 unspecified atom stereocenters. The van der Waals surface area contributed by atoms with Gasteiger partial charge in [0.1, 0.15) is 6.04 Å². The molecular weight excluding hydrogens is 498 g/mol. The van der Waals surface area contributed by atoms with Crippen LogP contribution in [0.5, 0.6) is 0 Å². The minimum absolute atomic E-state index is 0.103. The summed E-state index contributed by atoms with van der Waals surface area (Å²) in [5.74, 6) is -0.862. The van der Waals surface area contributed by atoms with Crippen molar-refractivity contribution in [2.45, 2.75) is 50.6 Å². The lowest BCUT2D eigenvalue weighted by molar-refractivity contribution is -0.127. The second-order valence-electron chi connectivity index (χ2n) is 9.60. The predicted octanol–water partition coefficient (Wildman–Crippen LogP) is 5.78. The van der Waals surface area contributed by atoms with Crippen molar-refractivity contribution >= 4 is 45.7 Å². The predicted molar refractivity (Wildman–Crippen MR) is 149 cm³/mol. The molecular formula is C30H31N3O4S. The van der Waals surface area contributed by atoms with Crippen molar-refractivity contribution in [2.75, 3.05) is 12.0 Å². The van der Waals surface area contributed by atoms with Crippen LogP contribution in [0.4, 0.5) is 5.69 Å². The van der Waals surface area contributed by atoms with Gasteiger partial charge in [-0.25, -0.2) is 4.79 Å². The first-order chi connectivity index (χ1) is 18.5. The number of amides is 2. The molecule has 0 aliphatic heterocycles. The number of anilines is 1. The first-order valence-corrected chi connectivity index (χ1v) is 13.8. The fraction of sp³-hybridized carbons (Fsp3) is 0.300. The molecule has 0 bridgehead atoms. The molecule has 2 aromatic carbocycles. The number of aromatic nitrogens is 1. The molecule has 196 valence electrons. The number of aromatic amines is 1. The summed E-state index contributed by atoms with van der Waals surface area (Å²) in [6, 6.07) is 17.5. The molecule has 8 heteroatoms. The van der Waals surface area contributed by atoms with Crippen molar-refractivity contribution in [1.82, 2.24) is 10.3 Å². The number of esters is 1. The number of ether oxygens (including phenoxy) is 1. The summed E-state index contributed by atoms with van der Waals surface area (Å²) in [6.45, 7) is 0. The van der Waals surface area contributed by atoms with Gasteiger partial charge in [0.05, 0.1) is 19.1 Å². The van der Waals surface area contributed by atoms with Gasteiger partial charge in [0.2, 0.25) is 11.8 Å². The lowest BCUT2D eigenvalue weighted by Crippen LogP contribution is -2.47. The van der Waals surface area contributed by atoms with Crippen LogP contribution in [0.2, 0.25) is 0 Å². The summed E-state index contributed by atoms with van der Waals surface area (Å²) in [4.78, 5) is 45.6. The first-order valence-electron chi connectivity index (χ1n) is 12.9. The van der Waals surface area contributed by atoms with E-state index >= 15 is 0 Å². The van der Waals surface area contributed by atoms with Gasteiger partial charge in [0.15, 0.2) is 0 Å².